The number of benzene rings is 2. The maximum Gasteiger partial charge on any atom is 0.239 e. The Bertz CT molecular complexity index is 796. The number of ether oxygens (including phenoxy) is 1. The second kappa shape index (κ2) is 6.89. The Morgan fingerprint density at radius 1 is 1.17 bits per heavy atom. The summed E-state index contributed by atoms with van der Waals surface area (Å²) >= 11 is 0. The van der Waals surface area contributed by atoms with Gasteiger partial charge in [-0.05, 0) is 35.4 Å². The molecule has 6 nitrogen and oxygen atoms in total. The Morgan fingerprint density at radius 2 is 1.88 bits per heavy atom. The van der Waals surface area contributed by atoms with E-state index in [0.717, 1.165) is 17.0 Å². The molecule has 1 saturated heterocycles. The van der Waals surface area contributed by atoms with E-state index >= 15 is 0 Å². The summed E-state index contributed by atoms with van der Waals surface area (Å²) < 4.78 is 5.14. The van der Waals surface area contributed by atoms with Crippen LogP contribution in [-0.4, -0.2) is 25.1 Å². The van der Waals surface area contributed by atoms with E-state index < -0.39 is 6.04 Å². The maximum atomic E-state index is 12.3. The smallest absolute Gasteiger partial charge is 0.239 e. The maximum absolute atomic E-state index is 12.3. The van der Waals surface area contributed by atoms with Gasteiger partial charge in [-0.1, -0.05) is 47.6 Å². The predicted molar refractivity (Wildman–Crippen MR) is 92.7 cm³/mol. The van der Waals surface area contributed by atoms with Crippen molar-refractivity contribution in [1.82, 2.24) is 0 Å². The normalized spacial score (nSPS) is 19.7. The van der Waals surface area contributed by atoms with Crippen molar-refractivity contribution in [3.05, 3.63) is 76.7 Å². The number of amides is 1. The van der Waals surface area contributed by atoms with Crippen molar-refractivity contribution in [1.29, 1.82) is 0 Å². The van der Waals surface area contributed by atoms with Gasteiger partial charge in [-0.2, -0.15) is 0 Å². The fourth-order valence-electron chi connectivity index (χ4n) is 2.68. The molecule has 0 bridgehead atoms. The zero-order valence-corrected chi connectivity index (χ0v) is 13.1. The summed E-state index contributed by atoms with van der Waals surface area (Å²) in [6.45, 7) is 0. The van der Waals surface area contributed by atoms with Gasteiger partial charge >= 0.3 is 0 Å². The zero-order valence-electron chi connectivity index (χ0n) is 13.1. The van der Waals surface area contributed by atoms with Crippen LogP contribution in [-0.2, 0) is 4.79 Å². The zero-order chi connectivity index (χ0) is 16.9. The average Bonchev–Trinajstić information content (AvgIpc) is 2.64. The van der Waals surface area contributed by atoms with E-state index in [0.29, 0.717) is 0 Å². The Hall–Kier alpha value is -3.24. The summed E-state index contributed by atoms with van der Waals surface area (Å²) in [6, 6.07) is 16.0. The van der Waals surface area contributed by atoms with Crippen LogP contribution in [0, 0.1) is 0 Å². The average molecular weight is 320 g/mol. The molecule has 0 spiro atoms. The molecule has 2 atom stereocenters. The first-order valence-corrected chi connectivity index (χ1v) is 7.49. The van der Waals surface area contributed by atoms with Crippen LogP contribution in [0.3, 0.4) is 0 Å². The molecular formula is C18H16N4O2. The van der Waals surface area contributed by atoms with Gasteiger partial charge in [-0.3, -0.25) is 4.79 Å². The SMILES string of the molecule is COc1ccc(N2C(=O)[C@@H](N=[N+]=[N-])[C@H]2/C=C/c2ccccc2)cc1. The molecule has 1 aliphatic rings. The number of methoxy groups -OCH3 is 1. The van der Waals surface area contributed by atoms with Crippen LogP contribution in [0.2, 0.25) is 0 Å². The first-order chi connectivity index (χ1) is 11.7. The van der Waals surface area contributed by atoms with Crippen LogP contribution in [0.1, 0.15) is 5.56 Å². The van der Waals surface area contributed by atoms with Crippen LogP contribution >= 0.6 is 0 Å². The van der Waals surface area contributed by atoms with Gasteiger partial charge in [0.1, 0.15) is 11.8 Å². The fourth-order valence-corrected chi connectivity index (χ4v) is 2.68. The summed E-state index contributed by atoms with van der Waals surface area (Å²) in [7, 11) is 1.59. The molecule has 2 aromatic carbocycles. The van der Waals surface area contributed by atoms with E-state index in [4.69, 9.17) is 10.3 Å². The molecule has 120 valence electrons. The Labute approximate surface area is 139 Å². The van der Waals surface area contributed by atoms with Gasteiger partial charge in [0.05, 0.1) is 13.2 Å². The number of nitrogens with zero attached hydrogens (tertiary/aromatic N) is 4. The topological polar surface area (TPSA) is 78.3 Å². The highest BCUT2D eigenvalue weighted by atomic mass is 16.5. The molecule has 0 N–H and O–H groups in total. The molecule has 0 radical (unpaired) electrons. The van der Waals surface area contributed by atoms with E-state index in [-0.39, 0.29) is 11.9 Å². The second-order valence-corrected chi connectivity index (χ2v) is 5.32. The molecule has 1 aliphatic heterocycles. The number of rotatable bonds is 5. The lowest BCUT2D eigenvalue weighted by molar-refractivity contribution is -0.125. The van der Waals surface area contributed by atoms with Crippen LogP contribution in [0.5, 0.6) is 5.75 Å². The highest BCUT2D eigenvalue weighted by molar-refractivity contribution is 6.06. The molecule has 2 aromatic rings. The molecule has 24 heavy (non-hydrogen) atoms. The Balaban J connectivity index is 1.87. The number of azide groups is 1. The van der Waals surface area contributed by atoms with Crippen molar-refractivity contribution >= 4 is 17.7 Å². The van der Waals surface area contributed by atoms with Gasteiger partial charge in [0, 0.05) is 10.6 Å². The lowest BCUT2D eigenvalue weighted by Gasteiger charge is -2.43. The number of carbonyl (C=O) groups excluding carboxylic acids is 1. The van der Waals surface area contributed by atoms with E-state index in [2.05, 4.69) is 10.0 Å². The van der Waals surface area contributed by atoms with E-state index in [1.54, 1.807) is 24.1 Å². The van der Waals surface area contributed by atoms with Crippen LogP contribution in [0.4, 0.5) is 5.69 Å². The molecule has 0 saturated carbocycles. The highest BCUT2D eigenvalue weighted by Gasteiger charge is 2.46. The Morgan fingerprint density at radius 3 is 2.50 bits per heavy atom. The Kier molecular flexibility index (Phi) is 4.50. The van der Waals surface area contributed by atoms with Crippen LogP contribution in [0.25, 0.3) is 16.5 Å². The van der Waals surface area contributed by atoms with E-state index in [1.165, 1.54) is 0 Å². The summed E-state index contributed by atoms with van der Waals surface area (Å²) in [4.78, 5) is 16.7. The van der Waals surface area contributed by atoms with Gasteiger partial charge in [0.2, 0.25) is 5.91 Å². The van der Waals surface area contributed by atoms with Crippen LogP contribution < -0.4 is 9.64 Å². The minimum absolute atomic E-state index is 0.208. The summed E-state index contributed by atoms with van der Waals surface area (Å²) in [5.41, 5.74) is 10.5. The third-order valence-electron chi connectivity index (χ3n) is 3.92. The van der Waals surface area contributed by atoms with Crippen molar-refractivity contribution in [3.8, 4) is 5.75 Å². The van der Waals surface area contributed by atoms with Crippen LogP contribution in [0.15, 0.2) is 65.8 Å². The molecule has 3 rings (SSSR count). The number of anilines is 1. The standard InChI is InChI=1S/C18H16N4O2/c1-24-15-10-8-14(9-11-15)22-16(17(18(22)23)20-21-19)12-7-13-5-3-2-4-6-13/h2-12,16-17H,1H3/b12-7+/t16-,17+/m1/s1. The number of hydrogen-bond acceptors (Lipinski definition) is 3. The molecule has 0 unspecified atom stereocenters. The lowest BCUT2D eigenvalue weighted by Crippen LogP contribution is -2.63. The molecule has 0 aromatic heterocycles. The van der Waals surface area contributed by atoms with Crippen molar-refractivity contribution in [3.63, 3.8) is 0 Å². The minimum Gasteiger partial charge on any atom is -0.497 e. The van der Waals surface area contributed by atoms with E-state index in [1.807, 2.05) is 54.6 Å². The lowest BCUT2D eigenvalue weighted by atomic mass is 9.93. The molecular weight excluding hydrogens is 304 g/mol. The first-order valence-electron chi connectivity index (χ1n) is 7.49. The first kappa shape index (κ1) is 15.6. The quantitative estimate of drug-likeness (QED) is 0.363. The van der Waals surface area contributed by atoms with E-state index in [9.17, 15) is 4.79 Å². The van der Waals surface area contributed by atoms with Gasteiger partial charge in [-0.15, -0.1) is 0 Å². The highest BCUT2D eigenvalue weighted by Crippen LogP contribution is 2.32. The summed E-state index contributed by atoms with van der Waals surface area (Å²) in [5.74, 6) is 0.510. The molecule has 1 fully saturated rings. The summed E-state index contributed by atoms with van der Waals surface area (Å²) in [5, 5.41) is 3.63. The minimum atomic E-state index is -0.711. The predicted octanol–water partition coefficient (Wildman–Crippen LogP) is 3.80. The molecule has 1 heterocycles. The van der Waals surface area contributed by atoms with Gasteiger partial charge in [0.25, 0.3) is 0 Å². The fraction of sp³-hybridized carbons (Fsp3) is 0.167. The van der Waals surface area contributed by atoms with Gasteiger partial charge in [0.15, 0.2) is 0 Å². The van der Waals surface area contributed by atoms with Crippen molar-refractivity contribution in [2.75, 3.05) is 12.0 Å². The number of hydrogen-bond donors (Lipinski definition) is 0. The molecule has 6 heteroatoms. The summed E-state index contributed by atoms with van der Waals surface area (Å²) in [6.07, 6.45) is 3.81. The largest absolute Gasteiger partial charge is 0.497 e. The van der Waals surface area contributed by atoms with Crippen molar-refractivity contribution < 1.29 is 9.53 Å². The molecule has 1 amide bonds. The second-order valence-electron chi connectivity index (χ2n) is 5.32. The van der Waals surface area contributed by atoms with Gasteiger partial charge in [-0.25, -0.2) is 0 Å². The third kappa shape index (κ3) is 2.95. The number of carbonyl (C=O) groups is 1. The van der Waals surface area contributed by atoms with Gasteiger partial charge < -0.3 is 9.64 Å². The third-order valence-corrected chi connectivity index (χ3v) is 3.92. The number of β-lactam (4-membered cyclic amide) rings is 1. The molecule has 0 aliphatic carbocycles. The monoisotopic (exact) mass is 320 g/mol. The van der Waals surface area contributed by atoms with Crippen molar-refractivity contribution in [2.45, 2.75) is 12.1 Å². The van der Waals surface area contributed by atoms with Crippen molar-refractivity contribution in [2.24, 2.45) is 5.11 Å².